The largest absolute Gasteiger partial charge is 0.394 e. The molecule has 0 bridgehead atoms. The molecule has 0 atom stereocenters. The van der Waals surface area contributed by atoms with Crippen molar-refractivity contribution in [2.24, 2.45) is 0 Å². The Bertz CT molecular complexity index is 506. The zero-order valence-corrected chi connectivity index (χ0v) is 11.8. The number of hydrogen-bond donors (Lipinski definition) is 3. The van der Waals surface area contributed by atoms with E-state index < -0.39 is 5.54 Å². The van der Waals surface area contributed by atoms with Gasteiger partial charge in [-0.05, 0) is 24.6 Å². The third kappa shape index (κ3) is 3.64. The zero-order chi connectivity index (χ0) is 13.7. The van der Waals surface area contributed by atoms with E-state index in [9.17, 15) is 10.2 Å². The molecule has 102 valence electrons. The summed E-state index contributed by atoms with van der Waals surface area (Å²) in [4.78, 5) is 2.42. The molecule has 0 aliphatic heterocycles. The lowest BCUT2D eigenvalue weighted by molar-refractivity contribution is 0.103. The predicted octanol–water partition coefficient (Wildman–Crippen LogP) is 2.25. The molecule has 1 heterocycles. The summed E-state index contributed by atoms with van der Waals surface area (Å²) in [6, 6.07) is 14.4. The number of thiophene rings is 1. The molecule has 1 aromatic heterocycles. The smallest absolute Gasteiger partial charge is 0.0633 e. The number of benzene rings is 1. The Hall–Kier alpha value is -1.20. The lowest BCUT2D eigenvalue weighted by atomic mass is 10.1. The summed E-state index contributed by atoms with van der Waals surface area (Å²) in [6.45, 7) is 2.29. The van der Waals surface area contributed by atoms with E-state index in [2.05, 4.69) is 29.6 Å². The average Bonchev–Trinajstić information content (AvgIpc) is 2.95. The van der Waals surface area contributed by atoms with Crippen LogP contribution in [0.3, 0.4) is 0 Å². The van der Waals surface area contributed by atoms with Gasteiger partial charge in [0.2, 0.25) is 0 Å². The number of hydrogen-bond acceptors (Lipinski definition) is 4. The molecular weight excluding hydrogens is 258 g/mol. The molecule has 2 rings (SSSR count). The zero-order valence-electron chi connectivity index (χ0n) is 11.0. The van der Waals surface area contributed by atoms with Crippen LogP contribution in [0, 0.1) is 0 Å². The first-order valence-electron chi connectivity index (χ1n) is 6.28. The van der Waals surface area contributed by atoms with Gasteiger partial charge in [-0.2, -0.15) is 0 Å². The van der Waals surface area contributed by atoms with Crippen molar-refractivity contribution in [3.63, 3.8) is 0 Å². The van der Waals surface area contributed by atoms with Gasteiger partial charge in [0, 0.05) is 16.3 Å². The summed E-state index contributed by atoms with van der Waals surface area (Å²) < 4.78 is 0. The molecule has 0 unspecified atom stereocenters. The Morgan fingerprint density at radius 2 is 1.74 bits per heavy atom. The Morgan fingerprint density at radius 1 is 1.05 bits per heavy atom. The fourth-order valence-corrected chi connectivity index (χ4v) is 2.65. The Kier molecular flexibility index (Phi) is 4.71. The van der Waals surface area contributed by atoms with Crippen LogP contribution in [0.4, 0.5) is 0 Å². The van der Waals surface area contributed by atoms with Gasteiger partial charge in [0.25, 0.3) is 0 Å². The van der Waals surface area contributed by atoms with E-state index in [1.165, 1.54) is 15.3 Å². The maximum absolute atomic E-state index is 9.23. The maximum Gasteiger partial charge on any atom is 0.0633 e. The molecule has 0 amide bonds. The second kappa shape index (κ2) is 6.30. The lowest BCUT2D eigenvalue weighted by Gasteiger charge is -2.25. The summed E-state index contributed by atoms with van der Waals surface area (Å²) >= 11 is 1.72. The topological polar surface area (TPSA) is 52.5 Å². The minimum atomic E-state index is -0.628. The maximum atomic E-state index is 9.23. The lowest BCUT2D eigenvalue weighted by Crippen LogP contribution is -2.48. The molecule has 1 aromatic carbocycles. The van der Waals surface area contributed by atoms with E-state index in [0.717, 1.165) is 0 Å². The summed E-state index contributed by atoms with van der Waals surface area (Å²) in [5.41, 5.74) is 0.586. The molecule has 4 heteroatoms. The molecule has 2 aromatic rings. The van der Waals surface area contributed by atoms with Crippen molar-refractivity contribution in [1.82, 2.24) is 5.32 Å². The molecule has 0 radical (unpaired) electrons. The van der Waals surface area contributed by atoms with Crippen LogP contribution in [-0.4, -0.2) is 29.0 Å². The fourth-order valence-electron chi connectivity index (χ4n) is 1.69. The number of aliphatic hydroxyl groups is 2. The van der Waals surface area contributed by atoms with Crippen molar-refractivity contribution in [3.8, 4) is 10.4 Å². The first kappa shape index (κ1) is 14.2. The molecule has 0 aliphatic rings. The van der Waals surface area contributed by atoms with Gasteiger partial charge in [-0.25, -0.2) is 0 Å². The molecule has 0 saturated heterocycles. The summed E-state index contributed by atoms with van der Waals surface area (Å²) in [5.74, 6) is 0. The Morgan fingerprint density at radius 3 is 2.37 bits per heavy atom. The highest BCUT2D eigenvalue weighted by Crippen LogP contribution is 2.27. The highest BCUT2D eigenvalue weighted by molar-refractivity contribution is 7.15. The van der Waals surface area contributed by atoms with Crippen molar-refractivity contribution >= 4 is 11.3 Å². The molecule has 19 heavy (non-hydrogen) atoms. The summed E-state index contributed by atoms with van der Waals surface area (Å²) in [6.07, 6.45) is 0. The van der Waals surface area contributed by atoms with Crippen LogP contribution >= 0.6 is 11.3 Å². The van der Waals surface area contributed by atoms with Crippen LogP contribution in [0.1, 0.15) is 11.8 Å². The fraction of sp³-hybridized carbons (Fsp3) is 0.333. The van der Waals surface area contributed by atoms with Gasteiger partial charge in [0.05, 0.1) is 18.8 Å². The van der Waals surface area contributed by atoms with Gasteiger partial charge in [-0.1, -0.05) is 30.3 Å². The van der Waals surface area contributed by atoms with E-state index in [1.807, 2.05) is 18.2 Å². The first-order valence-corrected chi connectivity index (χ1v) is 7.09. The number of rotatable bonds is 6. The third-order valence-electron chi connectivity index (χ3n) is 3.11. The standard InChI is InChI=1S/C15H19NO2S/c1-15(10-17,11-18)16-9-13-7-8-14(19-13)12-5-3-2-4-6-12/h2-8,16-18H,9-11H2,1H3. The van der Waals surface area contributed by atoms with Gasteiger partial charge in [-0.15, -0.1) is 11.3 Å². The van der Waals surface area contributed by atoms with E-state index >= 15 is 0 Å². The minimum Gasteiger partial charge on any atom is -0.394 e. The number of aliphatic hydroxyl groups excluding tert-OH is 2. The molecule has 0 saturated carbocycles. The normalized spacial score (nSPS) is 11.7. The van der Waals surface area contributed by atoms with Gasteiger partial charge in [0.1, 0.15) is 0 Å². The van der Waals surface area contributed by atoms with Crippen molar-refractivity contribution < 1.29 is 10.2 Å². The van der Waals surface area contributed by atoms with Crippen LogP contribution < -0.4 is 5.32 Å². The van der Waals surface area contributed by atoms with E-state index in [-0.39, 0.29) is 13.2 Å². The van der Waals surface area contributed by atoms with Crippen LogP contribution in [0.25, 0.3) is 10.4 Å². The predicted molar refractivity (Wildman–Crippen MR) is 79.2 cm³/mol. The van der Waals surface area contributed by atoms with Gasteiger partial charge < -0.3 is 15.5 Å². The molecule has 0 aliphatic carbocycles. The average molecular weight is 277 g/mol. The van der Waals surface area contributed by atoms with Crippen molar-refractivity contribution in [1.29, 1.82) is 0 Å². The van der Waals surface area contributed by atoms with E-state index in [1.54, 1.807) is 18.3 Å². The van der Waals surface area contributed by atoms with E-state index in [0.29, 0.717) is 6.54 Å². The van der Waals surface area contributed by atoms with Crippen LogP contribution in [0.5, 0.6) is 0 Å². The summed E-state index contributed by atoms with van der Waals surface area (Å²) in [7, 11) is 0. The molecule has 3 N–H and O–H groups in total. The monoisotopic (exact) mass is 277 g/mol. The highest BCUT2D eigenvalue weighted by Gasteiger charge is 2.21. The Balaban J connectivity index is 2.02. The van der Waals surface area contributed by atoms with Crippen molar-refractivity contribution in [2.75, 3.05) is 13.2 Å². The van der Waals surface area contributed by atoms with Crippen molar-refractivity contribution in [3.05, 3.63) is 47.3 Å². The second-order valence-corrected chi connectivity index (χ2v) is 6.03. The Labute approximate surface area is 117 Å². The van der Waals surface area contributed by atoms with Gasteiger partial charge in [-0.3, -0.25) is 0 Å². The molecule has 0 fully saturated rings. The molecule has 0 spiro atoms. The second-order valence-electron chi connectivity index (χ2n) is 4.86. The minimum absolute atomic E-state index is 0.0829. The third-order valence-corrected chi connectivity index (χ3v) is 4.24. The van der Waals surface area contributed by atoms with Crippen LogP contribution in [0.15, 0.2) is 42.5 Å². The quantitative estimate of drug-likeness (QED) is 0.759. The van der Waals surface area contributed by atoms with Crippen LogP contribution in [-0.2, 0) is 6.54 Å². The van der Waals surface area contributed by atoms with Gasteiger partial charge in [0.15, 0.2) is 0 Å². The molecule has 3 nitrogen and oxygen atoms in total. The number of nitrogens with one attached hydrogen (secondary N) is 1. The van der Waals surface area contributed by atoms with Crippen molar-refractivity contribution in [2.45, 2.75) is 19.0 Å². The first-order chi connectivity index (χ1) is 9.17. The van der Waals surface area contributed by atoms with Crippen LogP contribution in [0.2, 0.25) is 0 Å². The highest BCUT2D eigenvalue weighted by atomic mass is 32.1. The van der Waals surface area contributed by atoms with E-state index in [4.69, 9.17) is 0 Å². The molecular formula is C15H19NO2S. The van der Waals surface area contributed by atoms with Gasteiger partial charge >= 0.3 is 0 Å². The summed E-state index contributed by atoms with van der Waals surface area (Å²) in [5, 5.41) is 21.6. The SMILES string of the molecule is CC(CO)(CO)NCc1ccc(-c2ccccc2)s1.